The lowest BCUT2D eigenvalue weighted by Gasteiger charge is -2.14. The summed E-state index contributed by atoms with van der Waals surface area (Å²) in [6.07, 6.45) is 0.860. The first-order chi connectivity index (χ1) is 17.8. The van der Waals surface area contributed by atoms with E-state index in [9.17, 15) is 13.2 Å². The number of pyridine rings is 1. The van der Waals surface area contributed by atoms with Gasteiger partial charge in [0, 0.05) is 48.3 Å². The van der Waals surface area contributed by atoms with Gasteiger partial charge in [0.2, 0.25) is 0 Å². The zero-order valence-corrected chi connectivity index (χ0v) is 20.2. The van der Waals surface area contributed by atoms with E-state index in [4.69, 9.17) is 22.2 Å². The van der Waals surface area contributed by atoms with E-state index in [0.29, 0.717) is 17.3 Å². The minimum Gasteiger partial charge on any atom is -0.346 e. The molecule has 11 heteroatoms. The molecular weight excluding hydrogens is 499 g/mol. The van der Waals surface area contributed by atoms with E-state index in [0.717, 1.165) is 34.4 Å². The standard InChI is InChI=1S/C26H20F3N7S/c1-36-13-10-21-22(36)24(31-18-8-11-30-12-9-18)35-23(34-21)16-4-2-6-19(14-16)32-25(37)33-20-7-3-5-17(15-20)26(27,28)29/h2-15H,1H3,(H2,32,33,37)(H,30,31,34,35). The van der Waals surface area contributed by atoms with Gasteiger partial charge >= 0.3 is 6.18 Å². The maximum atomic E-state index is 13.0. The smallest absolute Gasteiger partial charge is 0.346 e. The normalized spacial score (nSPS) is 11.4. The number of anilines is 4. The molecule has 3 aromatic heterocycles. The molecule has 3 N–H and O–H groups in total. The van der Waals surface area contributed by atoms with Crippen molar-refractivity contribution in [2.24, 2.45) is 7.05 Å². The van der Waals surface area contributed by atoms with Crippen molar-refractivity contribution in [2.75, 3.05) is 16.0 Å². The van der Waals surface area contributed by atoms with Gasteiger partial charge in [0.05, 0.1) is 11.1 Å². The predicted molar refractivity (Wildman–Crippen MR) is 143 cm³/mol. The Bertz CT molecular complexity index is 1580. The first-order valence-corrected chi connectivity index (χ1v) is 11.5. The highest BCUT2D eigenvalue weighted by Gasteiger charge is 2.30. The molecule has 0 atom stereocenters. The molecule has 0 unspecified atom stereocenters. The van der Waals surface area contributed by atoms with E-state index >= 15 is 0 Å². The molecule has 0 bridgehead atoms. The Morgan fingerprint density at radius 3 is 2.30 bits per heavy atom. The lowest BCUT2D eigenvalue weighted by molar-refractivity contribution is -0.137. The number of hydrogen-bond donors (Lipinski definition) is 3. The van der Waals surface area contributed by atoms with Crippen LogP contribution in [0.25, 0.3) is 22.4 Å². The van der Waals surface area contributed by atoms with E-state index in [-0.39, 0.29) is 10.8 Å². The zero-order chi connectivity index (χ0) is 26.0. The van der Waals surface area contributed by atoms with Crippen LogP contribution in [0.3, 0.4) is 0 Å². The van der Waals surface area contributed by atoms with E-state index in [2.05, 4.69) is 20.9 Å². The second-order valence-corrected chi connectivity index (χ2v) is 8.56. The quantitative estimate of drug-likeness (QED) is 0.226. The minimum absolute atomic E-state index is 0.149. The number of nitrogens with one attached hydrogen (secondary N) is 3. The highest BCUT2D eigenvalue weighted by molar-refractivity contribution is 7.80. The van der Waals surface area contributed by atoms with Crippen LogP contribution >= 0.6 is 12.2 Å². The lowest BCUT2D eigenvalue weighted by atomic mass is 10.2. The van der Waals surface area contributed by atoms with Crippen LogP contribution in [0.15, 0.2) is 85.3 Å². The van der Waals surface area contributed by atoms with Crippen molar-refractivity contribution in [3.8, 4) is 11.4 Å². The fourth-order valence-corrected chi connectivity index (χ4v) is 4.02. The molecule has 186 valence electrons. The molecule has 0 fully saturated rings. The average Bonchev–Trinajstić information content (AvgIpc) is 3.25. The maximum absolute atomic E-state index is 13.0. The Labute approximate surface area is 215 Å². The third-order valence-electron chi connectivity index (χ3n) is 5.49. The van der Waals surface area contributed by atoms with Gasteiger partial charge in [-0.3, -0.25) is 4.98 Å². The van der Waals surface area contributed by atoms with E-state index < -0.39 is 11.7 Å². The van der Waals surface area contributed by atoms with Gasteiger partial charge in [-0.25, -0.2) is 9.97 Å². The van der Waals surface area contributed by atoms with Gasteiger partial charge in [-0.05, 0) is 60.7 Å². The summed E-state index contributed by atoms with van der Waals surface area (Å²) in [5.41, 5.74) is 3.28. The molecule has 0 radical (unpaired) electrons. The van der Waals surface area contributed by atoms with Crippen molar-refractivity contribution in [3.05, 3.63) is 90.9 Å². The molecule has 0 aliphatic carbocycles. The molecule has 5 aromatic rings. The van der Waals surface area contributed by atoms with Crippen molar-refractivity contribution in [3.63, 3.8) is 0 Å². The van der Waals surface area contributed by atoms with Crippen molar-refractivity contribution in [1.82, 2.24) is 19.5 Å². The first-order valence-electron chi connectivity index (χ1n) is 11.1. The summed E-state index contributed by atoms with van der Waals surface area (Å²) < 4.78 is 41.0. The summed E-state index contributed by atoms with van der Waals surface area (Å²) in [5.74, 6) is 1.13. The molecule has 0 aliphatic heterocycles. The Morgan fingerprint density at radius 2 is 1.57 bits per heavy atom. The lowest BCUT2D eigenvalue weighted by Crippen LogP contribution is -2.19. The van der Waals surface area contributed by atoms with Crippen LogP contribution in [0.4, 0.5) is 36.1 Å². The maximum Gasteiger partial charge on any atom is 0.416 e. The number of hydrogen-bond acceptors (Lipinski definition) is 5. The third-order valence-corrected chi connectivity index (χ3v) is 5.69. The number of fused-ring (bicyclic) bond motifs is 1. The number of halogens is 3. The Morgan fingerprint density at radius 1 is 0.865 bits per heavy atom. The molecule has 0 aliphatic rings. The summed E-state index contributed by atoms with van der Waals surface area (Å²) in [6, 6.07) is 17.8. The van der Waals surface area contributed by atoms with Crippen LogP contribution < -0.4 is 16.0 Å². The number of thiocarbonyl (C=S) groups is 1. The zero-order valence-electron chi connectivity index (χ0n) is 19.4. The first kappa shape index (κ1) is 24.2. The minimum atomic E-state index is -4.44. The van der Waals surface area contributed by atoms with Gasteiger partial charge in [0.1, 0.15) is 5.52 Å². The van der Waals surface area contributed by atoms with Crippen LogP contribution in [-0.2, 0) is 13.2 Å². The van der Waals surface area contributed by atoms with E-state index in [1.807, 2.05) is 54.2 Å². The molecule has 0 spiro atoms. The van der Waals surface area contributed by atoms with Crippen LogP contribution in [0.2, 0.25) is 0 Å². The van der Waals surface area contributed by atoms with Crippen LogP contribution in [0.1, 0.15) is 5.56 Å². The van der Waals surface area contributed by atoms with Gasteiger partial charge in [-0.2, -0.15) is 13.2 Å². The monoisotopic (exact) mass is 519 g/mol. The molecule has 5 rings (SSSR count). The number of alkyl halides is 3. The van der Waals surface area contributed by atoms with Crippen molar-refractivity contribution < 1.29 is 13.2 Å². The summed E-state index contributed by atoms with van der Waals surface area (Å²) in [5, 5.41) is 9.29. The largest absolute Gasteiger partial charge is 0.416 e. The number of benzene rings is 2. The molecule has 0 saturated heterocycles. The van der Waals surface area contributed by atoms with Crippen molar-refractivity contribution >= 4 is 51.2 Å². The number of rotatable bonds is 5. The fourth-order valence-electron chi connectivity index (χ4n) is 3.78. The highest BCUT2D eigenvalue weighted by Crippen LogP contribution is 2.31. The van der Waals surface area contributed by atoms with Crippen LogP contribution in [0.5, 0.6) is 0 Å². The van der Waals surface area contributed by atoms with Crippen molar-refractivity contribution in [1.29, 1.82) is 0 Å². The Kier molecular flexibility index (Phi) is 6.45. The van der Waals surface area contributed by atoms with E-state index in [1.165, 1.54) is 12.1 Å². The third kappa shape index (κ3) is 5.51. The summed E-state index contributed by atoms with van der Waals surface area (Å²) in [7, 11) is 1.92. The molecule has 2 aromatic carbocycles. The van der Waals surface area contributed by atoms with Gasteiger partial charge in [0.25, 0.3) is 0 Å². The van der Waals surface area contributed by atoms with Gasteiger partial charge in [-0.15, -0.1) is 0 Å². The molecular formula is C26H20F3N7S. The number of aromatic nitrogens is 4. The summed E-state index contributed by atoms with van der Waals surface area (Å²) in [6.45, 7) is 0. The second-order valence-electron chi connectivity index (χ2n) is 8.16. The average molecular weight is 520 g/mol. The summed E-state index contributed by atoms with van der Waals surface area (Å²) >= 11 is 5.32. The van der Waals surface area contributed by atoms with Gasteiger partial charge in [0.15, 0.2) is 16.8 Å². The molecule has 3 heterocycles. The molecule has 7 nitrogen and oxygen atoms in total. The molecule has 37 heavy (non-hydrogen) atoms. The number of aryl methyl sites for hydroxylation is 1. The molecule has 0 saturated carbocycles. The number of nitrogens with zero attached hydrogens (tertiary/aromatic N) is 4. The predicted octanol–water partition coefficient (Wildman–Crippen LogP) is 6.60. The topological polar surface area (TPSA) is 79.7 Å². The van der Waals surface area contributed by atoms with Gasteiger partial charge in [-0.1, -0.05) is 18.2 Å². The van der Waals surface area contributed by atoms with E-state index in [1.54, 1.807) is 18.5 Å². The SMILES string of the molecule is Cn1ccc2nc(-c3cccc(NC(=S)Nc4cccc(C(F)(F)F)c4)c3)nc(Nc3ccncc3)c21. The highest BCUT2D eigenvalue weighted by atomic mass is 32.1. The Hall–Kier alpha value is -4.51. The van der Waals surface area contributed by atoms with Crippen LogP contribution in [0, 0.1) is 0 Å². The summed E-state index contributed by atoms with van der Waals surface area (Å²) in [4.78, 5) is 13.5. The van der Waals surface area contributed by atoms with Gasteiger partial charge < -0.3 is 20.5 Å². The molecule has 0 amide bonds. The second kappa shape index (κ2) is 9.86. The Balaban J connectivity index is 1.40. The fraction of sp³-hybridized carbons (Fsp3) is 0.0769. The van der Waals surface area contributed by atoms with Crippen LogP contribution in [-0.4, -0.2) is 24.6 Å². The van der Waals surface area contributed by atoms with Crippen molar-refractivity contribution in [2.45, 2.75) is 6.18 Å².